The van der Waals surface area contributed by atoms with Gasteiger partial charge >= 0.3 is 11.9 Å². The third-order valence-electron chi connectivity index (χ3n) is 3.58. The topological polar surface area (TPSA) is 61.8 Å². The molecule has 0 heterocycles. The van der Waals surface area contributed by atoms with Gasteiger partial charge in [-0.2, -0.15) is 0 Å². The lowest BCUT2D eigenvalue weighted by atomic mass is 9.95. The van der Waals surface area contributed by atoms with Gasteiger partial charge in [-0.1, -0.05) is 19.1 Å². The summed E-state index contributed by atoms with van der Waals surface area (Å²) in [5.41, 5.74) is 0.899. The van der Waals surface area contributed by atoms with Gasteiger partial charge in [-0.3, -0.25) is 0 Å². The van der Waals surface area contributed by atoms with E-state index in [-0.39, 0.29) is 18.1 Å². The van der Waals surface area contributed by atoms with Crippen LogP contribution in [-0.2, 0) is 14.3 Å². The summed E-state index contributed by atoms with van der Waals surface area (Å²) in [5.74, 6) is -0.377. The number of esters is 2. The molecule has 1 aromatic carbocycles. The monoisotopic (exact) mass is 330 g/mol. The Kier molecular flexibility index (Phi) is 5.93. The number of carbonyl (C=O) groups is 2. The van der Waals surface area contributed by atoms with E-state index < -0.39 is 11.9 Å². The minimum Gasteiger partial charge on any atom is -0.459 e. The summed E-state index contributed by atoms with van der Waals surface area (Å²) in [5, 5.41) is 0. The fourth-order valence-electron chi connectivity index (χ4n) is 2.34. The Morgan fingerprint density at radius 3 is 2.29 bits per heavy atom. The zero-order chi connectivity index (χ0) is 17.7. The summed E-state index contributed by atoms with van der Waals surface area (Å²) in [6.07, 6.45) is 5.15. The molecule has 1 aliphatic rings. The molecular weight excluding hydrogens is 308 g/mol. The Hall–Kier alpha value is -2.40. The highest BCUT2D eigenvalue weighted by Crippen LogP contribution is 2.21. The number of benzene rings is 1. The number of methoxy groups -OCH3 is 1. The van der Waals surface area contributed by atoms with Gasteiger partial charge in [-0.05, 0) is 44.2 Å². The molecule has 128 valence electrons. The zero-order valence-corrected chi connectivity index (χ0v) is 14.3. The summed E-state index contributed by atoms with van der Waals surface area (Å²) in [4.78, 5) is 24.0. The highest BCUT2D eigenvalue weighted by atomic mass is 16.5. The van der Waals surface area contributed by atoms with Crippen molar-refractivity contribution in [3.63, 3.8) is 0 Å². The first-order valence-electron chi connectivity index (χ1n) is 7.86. The highest BCUT2D eigenvalue weighted by molar-refractivity contribution is 5.94. The van der Waals surface area contributed by atoms with Crippen LogP contribution in [0.1, 0.15) is 31.1 Å². The lowest BCUT2D eigenvalue weighted by molar-refractivity contribution is -0.129. The van der Waals surface area contributed by atoms with Crippen molar-refractivity contribution < 1.29 is 23.8 Å². The van der Waals surface area contributed by atoms with Crippen molar-refractivity contribution in [1.29, 1.82) is 0 Å². The summed E-state index contributed by atoms with van der Waals surface area (Å²) in [6.45, 7) is 5.54. The molecule has 2 unspecified atom stereocenters. The first kappa shape index (κ1) is 17.9. The SMILES string of the molecule is COC1C=CC(C(=O)Oc2ccc(C(=O)OC(C)C)cc2)=CC1C. The van der Waals surface area contributed by atoms with Crippen molar-refractivity contribution >= 4 is 11.9 Å². The minimum atomic E-state index is -0.440. The van der Waals surface area contributed by atoms with Crippen LogP contribution >= 0.6 is 0 Å². The highest BCUT2D eigenvalue weighted by Gasteiger charge is 2.20. The average Bonchev–Trinajstić information content (AvgIpc) is 2.54. The van der Waals surface area contributed by atoms with Crippen molar-refractivity contribution in [2.75, 3.05) is 7.11 Å². The maximum atomic E-state index is 12.2. The van der Waals surface area contributed by atoms with Gasteiger partial charge in [-0.15, -0.1) is 0 Å². The summed E-state index contributed by atoms with van der Waals surface area (Å²) < 4.78 is 15.7. The number of hydrogen-bond acceptors (Lipinski definition) is 5. The molecule has 0 spiro atoms. The van der Waals surface area contributed by atoms with Crippen LogP contribution in [0.4, 0.5) is 0 Å². The predicted molar refractivity (Wildman–Crippen MR) is 89.8 cm³/mol. The van der Waals surface area contributed by atoms with Gasteiger partial charge < -0.3 is 14.2 Å². The Morgan fingerprint density at radius 1 is 1.08 bits per heavy atom. The van der Waals surface area contributed by atoms with Crippen LogP contribution in [-0.4, -0.2) is 31.3 Å². The van der Waals surface area contributed by atoms with Gasteiger partial charge in [0.05, 0.1) is 23.3 Å². The molecule has 24 heavy (non-hydrogen) atoms. The quantitative estimate of drug-likeness (QED) is 0.612. The largest absolute Gasteiger partial charge is 0.459 e. The molecule has 5 nitrogen and oxygen atoms in total. The lowest BCUT2D eigenvalue weighted by Crippen LogP contribution is -2.22. The van der Waals surface area contributed by atoms with Crippen molar-refractivity contribution in [3.05, 3.63) is 53.6 Å². The van der Waals surface area contributed by atoms with E-state index in [9.17, 15) is 9.59 Å². The van der Waals surface area contributed by atoms with Crippen LogP contribution in [0.2, 0.25) is 0 Å². The molecule has 2 atom stereocenters. The normalized spacial score (nSPS) is 19.8. The molecule has 0 amide bonds. The Balaban J connectivity index is 2.00. The molecule has 0 radical (unpaired) electrons. The molecule has 0 saturated heterocycles. The number of rotatable bonds is 5. The lowest BCUT2D eigenvalue weighted by Gasteiger charge is -2.20. The van der Waals surface area contributed by atoms with Gasteiger partial charge in [0.2, 0.25) is 0 Å². The molecule has 0 N–H and O–H groups in total. The fraction of sp³-hybridized carbons (Fsp3) is 0.368. The maximum Gasteiger partial charge on any atom is 0.343 e. The second kappa shape index (κ2) is 7.93. The van der Waals surface area contributed by atoms with E-state index in [0.29, 0.717) is 16.9 Å². The second-order valence-corrected chi connectivity index (χ2v) is 5.91. The molecule has 1 aliphatic carbocycles. The second-order valence-electron chi connectivity index (χ2n) is 5.91. The molecular formula is C19H22O5. The van der Waals surface area contributed by atoms with E-state index in [0.717, 1.165) is 0 Å². The first-order chi connectivity index (χ1) is 11.4. The van der Waals surface area contributed by atoms with E-state index in [4.69, 9.17) is 14.2 Å². The van der Waals surface area contributed by atoms with Crippen LogP contribution in [0, 0.1) is 5.92 Å². The number of ether oxygens (including phenoxy) is 3. The molecule has 1 aromatic rings. The van der Waals surface area contributed by atoms with Crippen LogP contribution in [0.25, 0.3) is 0 Å². The van der Waals surface area contributed by atoms with Crippen molar-refractivity contribution in [2.45, 2.75) is 33.0 Å². The van der Waals surface area contributed by atoms with Crippen molar-refractivity contribution in [1.82, 2.24) is 0 Å². The molecule has 0 fully saturated rings. The van der Waals surface area contributed by atoms with Crippen LogP contribution in [0.5, 0.6) is 5.75 Å². The van der Waals surface area contributed by atoms with E-state index in [1.165, 1.54) is 0 Å². The molecule has 0 bridgehead atoms. The Bertz CT molecular complexity index is 655. The summed E-state index contributed by atoms with van der Waals surface area (Å²) in [6, 6.07) is 6.29. The van der Waals surface area contributed by atoms with E-state index >= 15 is 0 Å². The number of carbonyl (C=O) groups excluding carboxylic acids is 2. The van der Waals surface area contributed by atoms with Gasteiger partial charge in [0, 0.05) is 13.0 Å². The molecule has 5 heteroatoms. The van der Waals surface area contributed by atoms with Crippen LogP contribution in [0.15, 0.2) is 48.1 Å². The first-order valence-corrected chi connectivity index (χ1v) is 7.86. The minimum absolute atomic E-state index is 0.0344. The third-order valence-corrected chi connectivity index (χ3v) is 3.58. The molecule has 0 saturated carbocycles. The number of hydrogen-bond donors (Lipinski definition) is 0. The Morgan fingerprint density at radius 2 is 1.75 bits per heavy atom. The standard InChI is InChI=1S/C19H22O5/c1-12(2)23-18(20)14-5-8-16(9-6-14)24-19(21)15-7-10-17(22-4)13(3)11-15/h5-13,17H,1-4H3. The van der Waals surface area contributed by atoms with Gasteiger partial charge in [0.1, 0.15) is 5.75 Å². The van der Waals surface area contributed by atoms with E-state index in [1.54, 1.807) is 51.3 Å². The molecule has 0 aliphatic heterocycles. The maximum absolute atomic E-state index is 12.2. The zero-order valence-electron chi connectivity index (χ0n) is 14.3. The van der Waals surface area contributed by atoms with Crippen molar-refractivity contribution in [3.8, 4) is 5.75 Å². The van der Waals surface area contributed by atoms with Crippen molar-refractivity contribution in [2.24, 2.45) is 5.92 Å². The summed E-state index contributed by atoms with van der Waals surface area (Å²) >= 11 is 0. The molecule has 2 rings (SSSR count). The predicted octanol–water partition coefficient (Wildman–Crippen LogP) is 3.30. The Labute approximate surface area is 141 Å². The molecule has 0 aromatic heterocycles. The smallest absolute Gasteiger partial charge is 0.343 e. The van der Waals surface area contributed by atoms with Crippen LogP contribution < -0.4 is 4.74 Å². The fourth-order valence-corrected chi connectivity index (χ4v) is 2.34. The third kappa shape index (κ3) is 4.55. The summed E-state index contributed by atoms with van der Waals surface area (Å²) in [7, 11) is 1.63. The van der Waals surface area contributed by atoms with Gasteiger partial charge in [0.15, 0.2) is 0 Å². The van der Waals surface area contributed by atoms with E-state index in [2.05, 4.69) is 0 Å². The average molecular weight is 330 g/mol. The van der Waals surface area contributed by atoms with Crippen LogP contribution in [0.3, 0.4) is 0 Å². The van der Waals surface area contributed by atoms with Gasteiger partial charge in [0.25, 0.3) is 0 Å². The van der Waals surface area contributed by atoms with E-state index in [1.807, 2.05) is 19.1 Å². The van der Waals surface area contributed by atoms with Gasteiger partial charge in [-0.25, -0.2) is 9.59 Å².